The van der Waals surface area contributed by atoms with Crippen molar-refractivity contribution in [3.63, 3.8) is 0 Å². The molecule has 0 unspecified atom stereocenters. The molecule has 0 aromatic carbocycles. The summed E-state index contributed by atoms with van der Waals surface area (Å²) in [6.45, 7) is 0.756. The van der Waals surface area contributed by atoms with E-state index >= 15 is 0 Å². The number of nitrogens with zero attached hydrogens (tertiary/aromatic N) is 2. The van der Waals surface area contributed by atoms with E-state index in [1.54, 1.807) is 29.8 Å². The van der Waals surface area contributed by atoms with Crippen molar-refractivity contribution in [2.75, 3.05) is 5.32 Å². The molecule has 2 rings (SSSR count). The van der Waals surface area contributed by atoms with E-state index in [-0.39, 0.29) is 0 Å². The average molecular weight is 270 g/mol. The molecule has 0 aliphatic carbocycles. The Balaban J connectivity index is 1.95. The lowest BCUT2D eigenvalue weighted by Crippen LogP contribution is -2.01. The van der Waals surface area contributed by atoms with Gasteiger partial charge >= 0.3 is 0 Å². The molecule has 0 fully saturated rings. The van der Waals surface area contributed by atoms with Crippen LogP contribution in [0.25, 0.3) is 0 Å². The maximum absolute atomic E-state index is 4.07. The fraction of sp³-hybridized carbons (Fsp3) is 0.111. The van der Waals surface area contributed by atoms with E-state index in [4.69, 9.17) is 0 Å². The van der Waals surface area contributed by atoms with Gasteiger partial charge in [0, 0.05) is 18.9 Å². The third-order valence-electron chi connectivity index (χ3n) is 1.64. The molecule has 3 nitrogen and oxygen atoms in total. The highest BCUT2D eigenvalue weighted by Gasteiger charge is 1.97. The Labute approximate surface area is 94.4 Å². The molecule has 0 amide bonds. The minimum Gasteiger partial charge on any atom is -0.350 e. The zero-order valence-corrected chi connectivity index (χ0v) is 9.68. The fourth-order valence-corrected chi connectivity index (χ4v) is 2.22. The molecule has 0 radical (unpaired) electrons. The Morgan fingerprint density at radius 3 is 2.79 bits per heavy atom. The smallest absolute Gasteiger partial charge is 0.222 e. The molecule has 5 heteroatoms. The predicted molar refractivity (Wildman–Crippen MR) is 61.4 cm³/mol. The van der Waals surface area contributed by atoms with E-state index in [1.807, 2.05) is 0 Å². The number of halogens is 1. The number of rotatable bonds is 3. The maximum Gasteiger partial charge on any atom is 0.222 e. The summed E-state index contributed by atoms with van der Waals surface area (Å²) >= 11 is 5.09. The minimum atomic E-state index is 0.662. The standard InChI is InChI=1S/C9H8BrN3S/c10-8-4-7(6-14-8)5-13-9-11-2-1-3-12-9/h1-4,6H,5H2,(H,11,12,13). The van der Waals surface area contributed by atoms with Crippen molar-refractivity contribution < 1.29 is 0 Å². The molecule has 0 saturated carbocycles. The van der Waals surface area contributed by atoms with Gasteiger partial charge in [-0.2, -0.15) is 0 Å². The summed E-state index contributed by atoms with van der Waals surface area (Å²) in [5.74, 6) is 0.662. The van der Waals surface area contributed by atoms with Gasteiger partial charge in [-0.3, -0.25) is 0 Å². The zero-order valence-electron chi connectivity index (χ0n) is 7.27. The topological polar surface area (TPSA) is 37.8 Å². The van der Waals surface area contributed by atoms with Crippen LogP contribution in [0, 0.1) is 0 Å². The van der Waals surface area contributed by atoms with Crippen LogP contribution in [0.4, 0.5) is 5.95 Å². The first-order valence-electron chi connectivity index (χ1n) is 4.08. The van der Waals surface area contributed by atoms with Crippen LogP contribution in [0.1, 0.15) is 5.56 Å². The summed E-state index contributed by atoms with van der Waals surface area (Å²) in [6, 6.07) is 3.88. The molecule has 14 heavy (non-hydrogen) atoms. The first-order chi connectivity index (χ1) is 6.84. The van der Waals surface area contributed by atoms with Crippen LogP contribution in [-0.4, -0.2) is 9.97 Å². The molecule has 2 aromatic rings. The number of thiophene rings is 1. The molecule has 2 aromatic heterocycles. The Bertz CT molecular complexity index is 401. The van der Waals surface area contributed by atoms with Gasteiger partial charge in [-0.25, -0.2) is 9.97 Å². The second-order valence-corrected chi connectivity index (χ2v) is 4.98. The molecule has 2 heterocycles. The van der Waals surface area contributed by atoms with Crippen molar-refractivity contribution in [2.45, 2.75) is 6.54 Å². The Hall–Kier alpha value is -0.940. The number of hydrogen-bond donors (Lipinski definition) is 1. The van der Waals surface area contributed by atoms with E-state index in [2.05, 4.69) is 42.7 Å². The van der Waals surface area contributed by atoms with Gasteiger partial charge in [0.15, 0.2) is 0 Å². The van der Waals surface area contributed by atoms with Gasteiger partial charge in [0.05, 0.1) is 3.79 Å². The van der Waals surface area contributed by atoms with Gasteiger partial charge in [-0.15, -0.1) is 11.3 Å². The zero-order chi connectivity index (χ0) is 9.80. The van der Waals surface area contributed by atoms with Crippen molar-refractivity contribution in [2.24, 2.45) is 0 Å². The highest BCUT2D eigenvalue weighted by Crippen LogP contribution is 2.20. The lowest BCUT2D eigenvalue weighted by atomic mass is 10.3. The third kappa shape index (κ3) is 2.52. The molecule has 0 saturated heterocycles. The summed E-state index contributed by atoms with van der Waals surface area (Å²) in [6.07, 6.45) is 3.44. The molecular weight excluding hydrogens is 262 g/mol. The highest BCUT2D eigenvalue weighted by molar-refractivity contribution is 9.11. The summed E-state index contributed by atoms with van der Waals surface area (Å²) in [7, 11) is 0. The van der Waals surface area contributed by atoms with Crippen molar-refractivity contribution in [3.8, 4) is 0 Å². The second kappa shape index (κ2) is 4.52. The van der Waals surface area contributed by atoms with Gasteiger partial charge in [0.25, 0.3) is 0 Å². The van der Waals surface area contributed by atoms with Crippen LogP contribution in [0.15, 0.2) is 33.7 Å². The third-order valence-corrected chi connectivity index (χ3v) is 3.19. The lowest BCUT2D eigenvalue weighted by Gasteiger charge is -2.00. The summed E-state index contributed by atoms with van der Waals surface area (Å²) in [5, 5.41) is 5.24. The van der Waals surface area contributed by atoms with E-state index < -0.39 is 0 Å². The Kier molecular flexibility index (Phi) is 3.10. The molecule has 1 N–H and O–H groups in total. The number of anilines is 1. The van der Waals surface area contributed by atoms with Gasteiger partial charge < -0.3 is 5.32 Å². The average Bonchev–Trinajstić information content (AvgIpc) is 2.63. The molecule has 0 atom stereocenters. The van der Waals surface area contributed by atoms with Gasteiger partial charge in [-0.1, -0.05) is 0 Å². The van der Waals surface area contributed by atoms with Gasteiger partial charge in [0.2, 0.25) is 5.95 Å². The van der Waals surface area contributed by atoms with E-state index in [1.165, 1.54) is 5.56 Å². The second-order valence-electron chi connectivity index (χ2n) is 2.69. The summed E-state index contributed by atoms with van der Waals surface area (Å²) in [4.78, 5) is 8.14. The molecule has 0 spiro atoms. The van der Waals surface area contributed by atoms with E-state index in [0.29, 0.717) is 5.95 Å². The monoisotopic (exact) mass is 269 g/mol. The van der Waals surface area contributed by atoms with Crippen LogP contribution in [-0.2, 0) is 6.54 Å². The van der Waals surface area contributed by atoms with Crippen molar-refractivity contribution in [3.05, 3.63) is 39.3 Å². The Morgan fingerprint density at radius 1 is 1.36 bits per heavy atom. The predicted octanol–water partition coefficient (Wildman–Crippen LogP) is 2.91. The minimum absolute atomic E-state index is 0.662. The van der Waals surface area contributed by atoms with Crippen LogP contribution < -0.4 is 5.32 Å². The first-order valence-corrected chi connectivity index (χ1v) is 5.75. The SMILES string of the molecule is Brc1cc(CNc2ncccn2)cs1. The van der Waals surface area contributed by atoms with Crippen molar-refractivity contribution in [1.82, 2.24) is 9.97 Å². The molecule has 0 aliphatic rings. The van der Waals surface area contributed by atoms with Crippen molar-refractivity contribution in [1.29, 1.82) is 0 Å². The normalized spacial score (nSPS) is 10.1. The van der Waals surface area contributed by atoms with Crippen LogP contribution in [0.2, 0.25) is 0 Å². The number of hydrogen-bond acceptors (Lipinski definition) is 4. The van der Waals surface area contributed by atoms with Crippen LogP contribution in [0.5, 0.6) is 0 Å². The van der Waals surface area contributed by atoms with E-state index in [9.17, 15) is 0 Å². The number of nitrogens with one attached hydrogen (secondary N) is 1. The van der Waals surface area contributed by atoms with Gasteiger partial charge in [0.1, 0.15) is 0 Å². The van der Waals surface area contributed by atoms with Crippen LogP contribution in [0.3, 0.4) is 0 Å². The molecular formula is C9H8BrN3S. The lowest BCUT2D eigenvalue weighted by molar-refractivity contribution is 1.06. The largest absolute Gasteiger partial charge is 0.350 e. The maximum atomic E-state index is 4.07. The quantitative estimate of drug-likeness (QED) is 0.931. The van der Waals surface area contributed by atoms with Crippen LogP contribution >= 0.6 is 27.3 Å². The summed E-state index contributed by atoms with van der Waals surface area (Å²) < 4.78 is 1.14. The molecule has 0 bridgehead atoms. The summed E-state index contributed by atoms with van der Waals surface area (Å²) in [5.41, 5.74) is 1.23. The Morgan fingerprint density at radius 2 is 2.14 bits per heavy atom. The number of aromatic nitrogens is 2. The highest BCUT2D eigenvalue weighted by atomic mass is 79.9. The first kappa shape index (κ1) is 9.61. The van der Waals surface area contributed by atoms with Crippen molar-refractivity contribution >= 4 is 33.2 Å². The van der Waals surface area contributed by atoms with Gasteiger partial charge in [-0.05, 0) is 39.0 Å². The molecule has 0 aliphatic heterocycles. The van der Waals surface area contributed by atoms with E-state index in [0.717, 1.165) is 10.3 Å². The molecule has 72 valence electrons. The fourth-order valence-electron chi connectivity index (χ4n) is 1.01.